The van der Waals surface area contributed by atoms with Crippen LogP contribution < -0.4 is 21.3 Å². The molecule has 3 N–H and O–H groups in total. The number of rotatable bonds is 8. The smallest absolute Gasteiger partial charge is 0.325 e. The van der Waals surface area contributed by atoms with Gasteiger partial charge in [0, 0.05) is 28.9 Å². The molecule has 2 aromatic heterocycles. The van der Waals surface area contributed by atoms with Crippen LogP contribution in [0.2, 0.25) is 5.02 Å². The van der Waals surface area contributed by atoms with Crippen LogP contribution in [-0.2, 0) is 11.2 Å². The molecule has 4 rings (SSSR count). The van der Waals surface area contributed by atoms with Crippen LogP contribution in [0.3, 0.4) is 0 Å². The number of aromatic amines is 2. The van der Waals surface area contributed by atoms with Crippen LogP contribution in [0.25, 0.3) is 5.69 Å². The Labute approximate surface area is 208 Å². The van der Waals surface area contributed by atoms with Gasteiger partial charge in [0.15, 0.2) is 5.16 Å². The zero-order valence-corrected chi connectivity index (χ0v) is 20.4. The zero-order chi connectivity index (χ0) is 24.9. The molecule has 0 bridgehead atoms. The molecule has 0 fully saturated rings. The fourth-order valence-electron chi connectivity index (χ4n) is 3.41. The van der Waals surface area contributed by atoms with Crippen LogP contribution >= 0.6 is 23.4 Å². The van der Waals surface area contributed by atoms with E-state index in [1.54, 1.807) is 22.8 Å². The van der Waals surface area contributed by atoms with Gasteiger partial charge in [-0.2, -0.15) is 0 Å². The average molecular weight is 513 g/mol. The van der Waals surface area contributed by atoms with Gasteiger partial charge in [-0.1, -0.05) is 35.5 Å². The summed E-state index contributed by atoms with van der Waals surface area (Å²) in [5, 5.41) is 12.3. The van der Waals surface area contributed by atoms with Gasteiger partial charge in [0.05, 0.1) is 18.6 Å². The number of methoxy groups -OCH3 is 1. The van der Waals surface area contributed by atoms with Gasteiger partial charge in [-0.25, -0.2) is 4.79 Å². The Morgan fingerprint density at radius 3 is 2.71 bits per heavy atom. The van der Waals surface area contributed by atoms with Crippen molar-refractivity contribution in [3.05, 3.63) is 91.5 Å². The molecule has 0 radical (unpaired) electrons. The lowest BCUT2D eigenvalue weighted by Crippen LogP contribution is -2.23. The number of amides is 1. The maximum atomic E-state index is 12.7. The SMILES string of the molecule is COc1ccc(Cl)cc1NC(=O)CSc1nnc(Cc2cc(=O)[nH]c(=O)[nH]2)n1-c1cccc(C)c1. The predicted molar refractivity (Wildman–Crippen MR) is 134 cm³/mol. The first kappa shape index (κ1) is 24.3. The van der Waals surface area contributed by atoms with E-state index in [0.717, 1.165) is 11.3 Å². The number of thioether (sulfide) groups is 1. The lowest BCUT2D eigenvalue weighted by Gasteiger charge is -2.12. The lowest BCUT2D eigenvalue weighted by atomic mass is 10.2. The third kappa shape index (κ3) is 6.00. The number of carbonyl (C=O) groups is 1. The Bertz CT molecular complexity index is 1470. The summed E-state index contributed by atoms with van der Waals surface area (Å²) in [5.74, 6) is 0.748. The van der Waals surface area contributed by atoms with Gasteiger partial charge >= 0.3 is 5.69 Å². The number of nitrogens with zero attached hydrogens (tertiary/aromatic N) is 3. The summed E-state index contributed by atoms with van der Waals surface area (Å²) in [6, 6.07) is 14.0. The molecule has 2 aromatic carbocycles. The summed E-state index contributed by atoms with van der Waals surface area (Å²) in [4.78, 5) is 40.8. The van der Waals surface area contributed by atoms with Gasteiger partial charge < -0.3 is 15.0 Å². The van der Waals surface area contributed by atoms with Crippen molar-refractivity contribution in [1.82, 2.24) is 24.7 Å². The summed E-state index contributed by atoms with van der Waals surface area (Å²) in [7, 11) is 1.51. The number of aromatic nitrogens is 5. The van der Waals surface area contributed by atoms with E-state index < -0.39 is 11.2 Å². The van der Waals surface area contributed by atoms with E-state index in [9.17, 15) is 14.4 Å². The number of ether oxygens (including phenoxy) is 1. The van der Waals surface area contributed by atoms with E-state index in [1.807, 2.05) is 31.2 Å². The number of halogens is 1. The van der Waals surface area contributed by atoms with Crippen molar-refractivity contribution in [2.45, 2.75) is 18.5 Å². The summed E-state index contributed by atoms with van der Waals surface area (Å²) < 4.78 is 7.07. The van der Waals surface area contributed by atoms with Gasteiger partial charge in [0.1, 0.15) is 11.6 Å². The summed E-state index contributed by atoms with van der Waals surface area (Å²) in [6.45, 7) is 1.96. The molecule has 35 heavy (non-hydrogen) atoms. The minimum absolute atomic E-state index is 0.0431. The number of nitrogens with one attached hydrogen (secondary N) is 3. The van der Waals surface area contributed by atoms with Gasteiger partial charge in [-0.15, -0.1) is 10.2 Å². The monoisotopic (exact) mass is 512 g/mol. The van der Waals surface area contributed by atoms with Crippen LogP contribution in [0.5, 0.6) is 5.75 Å². The molecule has 0 saturated heterocycles. The molecule has 0 spiro atoms. The first-order valence-corrected chi connectivity index (χ1v) is 11.8. The number of H-pyrrole nitrogens is 2. The number of hydrogen-bond acceptors (Lipinski definition) is 7. The largest absolute Gasteiger partial charge is 0.495 e. The molecule has 4 aromatic rings. The molecule has 0 aliphatic heterocycles. The molecule has 0 saturated carbocycles. The van der Waals surface area contributed by atoms with Crippen LogP contribution in [0, 0.1) is 6.92 Å². The van der Waals surface area contributed by atoms with Crippen molar-refractivity contribution in [1.29, 1.82) is 0 Å². The van der Waals surface area contributed by atoms with Gasteiger partial charge in [-0.3, -0.25) is 19.1 Å². The molecule has 0 aliphatic carbocycles. The van der Waals surface area contributed by atoms with E-state index in [2.05, 4.69) is 25.5 Å². The third-order valence-electron chi connectivity index (χ3n) is 4.89. The van der Waals surface area contributed by atoms with Crippen LogP contribution in [0.4, 0.5) is 5.69 Å². The van der Waals surface area contributed by atoms with E-state index >= 15 is 0 Å². The number of benzene rings is 2. The molecule has 1 amide bonds. The highest BCUT2D eigenvalue weighted by atomic mass is 35.5. The molecule has 0 atom stereocenters. The second-order valence-electron chi connectivity index (χ2n) is 7.54. The Balaban J connectivity index is 1.60. The molecule has 180 valence electrons. The zero-order valence-electron chi connectivity index (χ0n) is 18.8. The van der Waals surface area contributed by atoms with E-state index in [1.165, 1.54) is 24.9 Å². The minimum atomic E-state index is -0.600. The molecular weight excluding hydrogens is 492 g/mol. The standard InChI is InChI=1S/C23H21ClN6O4S/c1-13-4-3-5-16(8-13)30-19(10-15-11-20(31)27-22(33)25-15)28-29-23(30)35-12-21(32)26-17-9-14(24)6-7-18(17)34-2/h3-9,11H,10,12H2,1-2H3,(H,26,32)(H2,25,27,31,33). The summed E-state index contributed by atoms with van der Waals surface area (Å²) in [5.41, 5.74) is 1.56. The number of hydrogen-bond donors (Lipinski definition) is 3. The maximum Gasteiger partial charge on any atom is 0.325 e. The van der Waals surface area contributed by atoms with Crippen molar-refractivity contribution in [3.8, 4) is 11.4 Å². The summed E-state index contributed by atoms with van der Waals surface area (Å²) >= 11 is 7.24. The van der Waals surface area contributed by atoms with Crippen molar-refractivity contribution in [2.75, 3.05) is 18.2 Å². The highest BCUT2D eigenvalue weighted by Gasteiger charge is 2.18. The average Bonchev–Trinajstić information content (AvgIpc) is 3.19. The molecule has 2 heterocycles. The highest BCUT2D eigenvalue weighted by Crippen LogP contribution is 2.29. The highest BCUT2D eigenvalue weighted by molar-refractivity contribution is 7.99. The second-order valence-corrected chi connectivity index (χ2v) is 8.92. The quantitative estimate of drug-likeness (QED) is 0.309. The Morgan fingerprint density at radius 1 is 1.14 bits per heavy atom. The van der Waals surface area contributed by atoms with Gasteiger partial charge in [0.2, 0.25) is 5.91 Å². The predicted octanol–water partition coefficient (Wildman–Crippen LogP) is 2.94. The van der Waals surface area contributed by atoms with Crippen LogP contribution in [0.15, 0.2) is 63.3 Å². The lowest BCUT2D eigenvalue weighted by molar-refractivity contribution is -0.113. The number of aryl methyl sites for hydroxylation is 1. The fraction of sp³-hybridized carbons (Fsp3) is 0.174. The van der Waals surface area contributed by atoms with Crippen LogP contribution in [-0.4, -0.2) is 43.5 Å². The Hall–Kier alpha value is -3.83. The van der Waals surface area contributed by atoms with Crippen molar-refractivity contribution >= 4 is 35.0 Å². The van der Waals surface area contributed by atoms with Crippen molar-refractivity contribution < 1.29 is 9.53 Å². The van der Waals surface area contributed by atoms with Crippen LogP contribution in [0.1, 0.15) is 17.1 Å². The molecule has 12 heteroatoms. The van der Waals surface area contributed by atoms with Crippen molar-refractivity contribution in [2.24, 2.45) is 0 Å². The maximum absolute atomic E-state index is 12.7. The Kier molecular flexibility index (Phi) is 7.37. The van der Waals surface area contributed by atoms with E-state index in [-0.39, 0.29) is 18.1 Å². The first-order valence-electron chi connectivity index (χ1n) is 10.4. The number of carbonyl (C=O) groups excluding carboxylic acids is 1. The molecule has 10 nitrogen and oxygen atoms in total. The third-order valence-corrected chi connectivity index (χ3v) is 6.06. The topological polar surface area (TPSA) is 135 Å². The van der Waals surface area contributed by atoms with Gasteiger partial charge in [0.25, 0.3) is 5.56 Å². The number of anilines is 1. The molecular formula is C23H21ClN6O4S. The summed E-state index contributed by atoms with van der Waals surface area (Å²) in [6.07, 6.45) is 0.159. The minimum Gasteiger partial charge on any atom is -0.495 e. The fourth-order valence-corrected chi connectivity index (χ4v) is 4.36. The van der Waals surface area contributed by atoms with Gasteiger partial charge in [-0.05, 0) is 42.8 Å². The first-order chi connectivity index (χ1) is 16.8. The van der Waals surface area contributed by atoms with Crippen molar-refractivity contribution in [3.63, 3.8) is 0 Å². The van der Waals surface area contributed by atoms with E-state index in [4.69, 9.17) is 16.3 Å². The second kappa shape index (κ2) is 10.6. The van der Waals surface area contributed by atoms with E-state index in [0.29, 0.717) is 33.1 Å². The molecule has 0 aliphatic rings. The normalized spacial score (nSPS) is 10.8. The Morgan fingerprint density at radius 2 is 1.97 bits per heavy atom. The molecule has 0 unspecified atom stereocenters.